The minimum Gasteiger partial charge on any atom is -0.490 e. The molecule has 0 N–H and O–H groups in total. The van der Waals surface area contributed by atoms with E-state index in [1.54, 1.807) is 40.0 Å². The lowest BCUT2D eigenvalue weighted by atomic mass is 9.98. The van der Waals surface area contributed by atoms with Crippen molar-refractivity contribution in [3.63, 3.8) is 0 Å². The molecule has 0 unspecified atom stereocenters. The van der Waals surface area contributed by atoms with Crippen LogP contribution in [0.3, 0.4) is 0 Å². The molecule has 12 heteroatoms. The summed E-state index contributed by atoms with van der Waals surface area (Å²) in [5.41, 5.74) is 1.50. The van der Waals surface area contributed by atoms with Crippen LogP contribution in [-0.4, -0.2) is 56.5 Å². The molecule has 1 aliphatic heterocycles. The van der Waals surface area contributed by atoms with Crippen molar-refractivity contribution in [1.29, 1.82) is 0 Å². The van der Waals surface area contributed by atoms with Crippen LogP contribution in [0.5, 0.6) is 5.75 Å². The molecule has 1 aromatic carbocycles. The van der Waals surface area contributed by atoms with E-state index in [-0.39, 0.29) is 54.3 Å². The molecule has 4 aromatic heterocycles. The molecule has 0 saturated carbocycles. The summed E-state index contributed by atoms with van der Waals surface area (Å²) in [5.74, 6) is -1.51. The Hall–Kier alpha value is -4.68. The van der Waals surface area contributed by atoms with Crippen LogP contribution >= 0.6 is 11.3 Å². The van der Waals surface area contributed by atoms with Gasteiger partial charge >= 0.3 is 0 Å². The zero-order chi connectivity index (χ0) is 30.2. The highest BCUT2D eigenvalue weighted by Crippen LogP contribution is 2.46. The van der Waals surface area contributed by atoms with E-state index < -0.39 is 11.6 Å². The number of hydrogen-bond donors (Lipinski definition) is 0. The van der Waals surface area contributed by atoms with E-state index in [0.717, 1.165) is 17.8 Å². The van der Waals surface area contributed by atoms with Crippen LogP contribution in [0.1, 0.15) is 12.6 Å². The van der Waals surface area contributed by atoms with Gasteiger partial charge in [0.1, 0.15) is 41.2 Å². The summed E-state index contributed by atoms with van der Waals surface area (Å²) in [4.78, 5) is 32.1. The second-order valence-corrected chi connectivity index (χ2v) is 11.0. The largest absolute Gasteiger partial charge is 0.490 e. The highest BCUT2D eigenvalue weighted by atomic mass is 32.1. The van der Waals surface area contributed by atoms with E-state index >= 15 is 4.39 Å². The van der Waals surface area contributed by atoms with Crippen molar-refractivity contribution in [3.8, 4) is 34.1 Å². The Morgan fingerprint density at radius 3 is 2.79 bits per heavy atom. The third kappa shape index (κ3) is 5.12. The van der Waals surface area contributed by atoms with E-state index in [9.17, 15) is 14.0 Å². The van der Waals surface area contributed by atoms with Gasteiger partial charge in [-0.25, -0.2) is 13.8 Å². The predicted octanol–water partition coefficient (Wildman–Crippen LogP) is 5.20. The highest BCUT2D eigenvalue weighted by Gasteiger charge is 2.30. The van der Waals surface area contributed by atoms with Crippen LogP contribution in [-0.2, 0) is 22.6 Å². The van der Waals surface area contributed by atoms with Crippen LogP contribution < -0.4 is 10.3 Å². The smallest absolute Gasteiger partial charge is 0.256 e. The first-order valence-electron chi connectivity index (χ1n) is 13.5. The predicted molar refractivity (Wildman–Crippen MR) is 159 cm³/mol. The normalized spacial score (nSPS) is 14.6. The molecule has 0 saturated heterocycles. The van der Waals surface area contributed by atoms with Crippen LogP contribution in [0.25, 0.3) is 38.4 Å². The molecule has 0 aliphatic carbocycles. The van der Waals surface area contributed by atoms with E-state index in [2.05, 4.69) is 6.58 Å². The number of benzene rings is 1. The fourth-order valence-electron chi connectivity index (χ4n) is 5.30. The van der Waals surface area contributed by atoms with Gasteiger partial charge in [0.15, 0.2) is 0 Å². The van der Waals surface area contributed by atoms with Crippen LogP contribution in [0, 0.1) is 11.6 Å². The van der Waals surface area contributed by atoms with E-state index in [1.165, 1.54) is 35.2 Å². The van der Waals surface area contributed by atoms with Gasteiger partial charge in [0.05, 0.1) is 31.0 Å². The number of pyridine rings is 2. The standard InChI is InChI=1S/C31H27F2N5O4S/c1-4-25(39)37-17-20-15-23(35-38(20)16-18(37)2)29-28(27-22(33)13-19(32)14-24(27)42-11-10-41-3)30-21(8-12-43-30)31(34-29)36-9-6-5-7-26(36)40/h4-9,12-15,18H,1,10-11,16-17H2,2-3H3/t18-/m1/s1. The molecule has 0 fully saturated rings. The summed E-state index contributed by atoms with van der Waals surface area (Å²) in [6.07, 6.45) is 2.89. The number of ether oxygens (including phenoxy) is 2. The highest BCUT2D eigenvalue weighted by molar-refractivity contribution is 7.18. The van der Waals surface area contributed by atoms with Crippen molar-refractivity contribution in [2.45, 2.75) is 26.1 Å². The van der Waals surface area contributed by atoms with Gasteiger partial charge in [-0.3, -0.25) is 18.8 Å². The van der Waals surface area contributed by atoms with Crippen molar-refractivity contribution >= 4 is 27.3 Å². The van der Waals surface area contributed by atoms with Crippen molar-refractivity contribution in [2.75, 3.05) is 20.3 Å². The third-order valence-electron chi connectivity index (χ3n) is 7.32. The Morgan fingerprint density at radius 1 is 1.19 bits per heavy atom. The van der Waals surface area contributed by atoms with Crippen LogP contribution in [0.4, 0.5) is 8.78 Å². The zero-order valence-corrected chi connectivity index (χ0v) is 24.2. The maximum absolute atomic E-state index is 15.9. The summed E-state index contributed by atoms with van der Waals surface area (Å²) in [7, 11) is 1.50. The monoisotopic (exact) mass is 603 g/mol. The first-order valence-corrected chi connectivity index (χ1v) is 14.4. The van der Waals surface area contributed by atoms with Gasteiger partial charge in [-0.2, -0.15) is 5.10 Å². The van der Waals surface area contributed by atoms with E-state index in [0.29, 0.717) is 33.7 Å². The number of thiophene rings is 1. The lowest BCUT2D eigenvalue weighted by Crippen LogP contribution is -2.44. The number of nitrogens with zero attached hydrogens (tertiary/aromatic N) is 5. The van der Waals surface area contributed by atoms with Crippen molar-refractivity contribution in [2.24, 2.45) is 0 Å². The molecular formula is C31H27F2N5O4S. The Kier molecular flexibility index (Phi) is 7.63. The summed E-state index contributed by atoms with van der Waals surface area (Å²) in [6.45, 7) is 6.51. The van der Waals surface area contributed by atoms with Gasteiger partial charge in [0.25, 0.3) is 5.56 Å². The Balaban J connectivity index is 1.64. The fraction of sp³-hybridized carbons (Fsp3) is 0.226. The minimum absolute atomic E-state index is 0.0159. The Bertz CT molecular complexity index is 1930. The zero-order valence-electron chi connectivity index (χ0n) is 23.4. The van der Waals surface area contributed by atoms with Crippen molar-refractivity contribution in [3.05, 3.63) is 94.4 Å². The Morgan fingerprint density at radius 2 is 2.02 bits per heavy atom. The average molecular weight is 604 g/mol. The molecule has 1 atom stereocenters. The van der Waals surface area contributed by atoms with Gasteiger partial charge in [-0.1, -0.05) is 12.6 Å². The molecule has 43 heavy (non-hydrogen) atoms. The maximum Gasteiger partial charge on any atom is 0.256 e. The number of amides is 1. The molecule has 5 heterocycles. The first-order chi connectivity index (χ1) is 20.8. The molecule has 1 aliphatic rings. The van der Waals surface area contributed by atoms with E-state index in [1.807, 2.05) is 12.3 Å². The van der Waals surface area contributed by atoms with Crippen LogP contribution in [0.2, 0.25) is 0 Å². The van der Waals surface area contributed by atoms with Crippen molar-refractivity contribution < 1.29 is 23.0 Å². The molecule has 9 nitrogen and oxygen atoms in total. The lowest BCUT2D eigenvalue weighted by Gasteiger charge is -2.33. The molecule has 220 valence electrons. The summed E-state index contributed by atoms with van der Waals surface area (Å²) >= 11 is 1.33. The van der Waals surface area contributed by atoms with E-state index in [4.69, 9.17) is 19.6 Å². The third-order valence-corrected chi connectivity index (χ3v) is 8.25. The molecule has 0 radical (unpaired) electrons. The quantitative estimate of drug-likeness (QED) is 0.179. The fourth-order valence-corrected chi connectivity index (χ4v) is 6.24. The summed E-state index contributed by atoms with van der Waals surface area (Å²) in [6, 6.07) is 10.2. The van der Waals surface area contributed by atoms with Crippen molar-refractivity contribution in [1.82, 2.24) is 24.2 Å². The molecule has 1 amide bonds. The number of methoxy groups -OCH3 is 1. The van der Waals surface area contributed by atoms with Gasteiger partial charge in [0.2, 0.25) is 5.91 Å². The van der Waals surface area contributed by atoms with Gasteiger partial charge in [-0.15, -0.1) is 11.3 Å². The number of fused-ring (bicyclic) bond motifs is 2. The molecule has 0 bridgehead atoms. The molecular weight excluding hydrogens is 576 g/mol. The second kappa shape index (κ2) is 11.5. The first kappa shape index (κ1) is 28.4. The number of hydrogen-bond acceptors (Lipinski definition) is 7. The molecule has 5 aromatic rings. The lowest BCUT2D eigenvalue weighted by molar-refractivity contribution is -0.129. The number of aromatic nitrogens is 4. The average Bonchev–Trinajstić information content (AvgIpc) is 3.64. The van der Waals surface area contributed by atoms with Gasteiger partial charge in [0, 0.05) is 53.2 Å². The Labute approximate surface area is 249 Å². The number of halogens is 2. The summed E-state index contributed by atoms with van der Waals surface area (Å²) in [5, 5.41) is 7.25. The maximum atomic E-state index is 15.9. The minimum atomic E-state index is -0.838. The molecule has 0 spiro atoms. The van der Waals surface area contributed by atoms with Gasteiger partial charge < -0.3 is 14.4 Å². The van der Waals surface area contributed by atoms with Gasteiger partial charge in [-0.05, 0) is 36.6 Å². The number of carbonyl (C=O) groups excluding carboxylic acids is 1. The van der Waals surface area contributed by atoms with Crippen LogP contribution in [0.15, 0.2) is 71.5 Å². The molecule has 6 rings (SSSR count). The SMILES string of the molecule is C=CC(=O)N1Cc2cc(-c3nc(-n4ccccc4=O)c4ccsc4c3-c3c(F)cc(F)cc3OCCOC)nn2C[C@H]1C. The number of rotatable bonds is 8. The summed E-state index contributed by atoms with van der Waals surface area (Å²) < 4.78 is 45.1. The second-order valence-electron chi connectivity index (χ2n) is 10.1. The number of carbonyl (C=O) groups is 1. The topological polar surface area (TPSA) is 91.5 Å².